The third-order valence-corrected chi connectivity index (χ3v) is 5.63. The van der Waals surface area contributed by atoms with Crippen LogP contribution in [0.4, 0.5) is 4.39 Å². The lowest BCUT2D eigenvalue weighted by atomic mass is 9.73. The summed E-state index contributed by atoms with van der Waals surface area (Å²) in [5, 5.41) is 3.60. The summed E-state index contributed by atoms with van der Waals surface area (Å²) in [5.41, 5.74) is 3.29. The van der Waals surface area contributed by atoms with Crippen molar-refractivity contribution in [1.29, 1.82) is 0 Å². The maximum atomic E-state index is 13.1. The van der Waals surface area contributed by atoms with E-state index >= 15 is 0 Å². The molecule has 28 heavy (non-hydrogen) atoms. The van der Waals surface area contributed by atoms with Crippen LogP contribution in [-0.2, 0) is 22.4 Å². The predicted molar refractivity (Wildman–Crippen MR) is 102 cm³/mol. The van der Waals surface area contributed by atoms with E-state index in [0.717, 1.165) is 40.9 Å². The van der Waals surface area contributed by atoms with Gasteiger partial charge in [-0.1, -0.05) is 12.1 Å². The summed E-state index contributed by atoms with van der Waals surface area (Å²) < 4.78 is 29.6. The molecular formula is C22H24FNO4. The topological polar surface area (TPSA) is 56.8 Å². The van der Waals surface area contributed by atoms with Crippen LogP contribution in [-0.4, -0.2) is 33.3 Å². The first-order chi connectivity index (χ1) is 13.7. The van der Waals surface area contributed by atoms with E-state index in [9.17, 15) is 9.18 Å². The van der Waals surface area contributed by atoms with Gasteiger partial charge in [-0.05, 0) is 60.3 Å². The van der Waals surface area contributed by atoms with E-state index in [-0.39, 0.29) is 30.5 Å². The normalized spacial score (nSPS) is 22.7. The number of aldehydes is 1. The average molecular weight is 385 g/mol. The van der Waals surface area contributed by atoms with Crippen molar-refractivity contribution in [3.8, 4) is 11.5 Å². The van der Waals surface area contributed by atoms with Gasteiger partial charge in [-0.15, -0.1) is 0 Å². The molecule has 0 aromatic heterocycles. The van der Waals surface area contributed by atoms with Crippen LogP contribution in [0, 0.1) is 17.7 Å². The number of halogens is 1. The number of carbonyl (C=O) groups excluding carboxylic acids is 1. The maximum Gasteiger partial charge on any atom is 0.231 e. The molecule has 0 fully saturated rings. The largest absolute Gasteiger partial charge is 0.454 e. The summed E-state index contributed by atoms with van der Waals surface area (Å²) in [6.45, 7) is 1.42. The molecule has 4 rings (SSSR count). The van der Waals surface area contributed by atoms with Gasteiger partial charge in [0.2, 0.25) is 6.79 Å². The SMILES string of the molecule is COCC1C(NCCc2ccc(F)cc2)c2cc3c(cc2C[C@H]1C=O)OCO3. The van der Waals surface area contributed by atoms with Crippen LogP contribution in [0.1, 0.15) is 22.7 Å². The zero-order valence-electron chi connectivity index (χ0n) is 15.8. The molecule has 1 aliphatic heterocycles. The van der Waals surface area contributed by atoms with Crippen molar-refractivity contribution in [2.45, 2.75) is 18.9 Å². The molecule has 5 nitrogen and oxygen atoms in total. The van der Waals surface area contributed by atoms with E-state index in [1.54, 1.807) is 19.2 Å². The van der Waals surface area contributed by atoms with Crippen molar-refractivity contribution in [3.05, 3.63) is 58.9 Å². The minimum absolute atomic E-state index is 0.0311. The van der Waals surface area contributed by atoms with Gasteiger partial charge in [0, 0.05) is 25.0 Å². The summed E-state index contributed by atoms with van der Waals surface area (Å²) in [6, 6.07) is 10.5. The number of carbonyl (C=O) groups is 1. The quantitative estimate of drug-likeness (QED) is 0.743. The monoisotopic (exact) mass is 385 g/mol. The second-order valence-electron chi connectivity index (χ2n) is 7.34. The standard InChI is InChI=1S/C22H24FNO4/c1-26-12-19-16(11-25)8-15-9-20-21(28-13-27-20)10-18(15)22(19)24-7-6-14-2-4-17(23)5-3-14/h2-5,9-11,16,19,22,24H,6-8,12-13H2,1H3/t16-,19?,22?/m0/s1. The second kappa shape index (κ2) is 8.29. The molecule has 6 heteroatoms. The molecule has 1 N–H and O–H groups in total. The lowest BCUT2D eigenvalue weighted by molar-refractivity contribution is -0.114. The molecule has 0 saturated carbocycles. The minimum atomic E-state index is -0.233. The molecule has 0 spiro atoms. The number of hydrogen-bond donors (Lipinski definition) is 1. The predicted octanol–water partition coefficient (Wildman–Crippen LogP) is 3.06. The van der Waals surface area contributed by atoms with Crippen LogP contribution < -0.4 is 14.8 Å². The molecule has 0 saturated heterocycles. The van der Waals surface area contributed by atoms with Crippen molar-refractivity contribution in [2.24, 2.45) is 11.8 Å². The van der Waals surface area contributed by atoms with Crippen molar-refractivity contribution in [2.75, 3.05) is 27.1 Å². The highest BCUT2D eigenvalue weighted by Gasteiger charge is 2.37. The number of rotatable bonds is 7. The first kappa shape index (κ1) is 18.9. The lowest BCUT2D eigenvalue weighted by Gasteiger charge is -2.38. The van der Waals surface area contributed by atoms with Crippen LogP contribution >= 0.6 is 0 Å². The fraction of sp³-hybridized carbons (Fsp3) is 0.409. The Morgan fingerprint density at radius 2 is 1.96 bits per heavy atom. The van der Waals surface area contributed by atoms with Crippen LogP contribution in [0.5, 0.6) is 11.5 Å². The van der Waals surface area contributed by atoms with E-state index in [0.29, 0.717) is 19.6 Å². The second-order valence-corrected chi connectivity index (χ2v) is 7.34. The number of hydrogen-bond acceptors (Lipinski definition) is 5. The molecule has 1 heterocycles. The highest BCUT2D eigenvalue weighted by molar-refractivity contribution is 5.59. The number of benzene rings is 2. The maximum absolute atomic E-state index is 13.1. The molecule has 0 bridgehead atoms. The van der Waals surface area contributed by atoms with Crippen LogP contribution in [0.15, 0.2) is 36.4 Å². The minimum Gasteiger partial charge on any atom is -0.454 e. The number of fused-ring (bicyclic) bond motifs is 2. The molecule has 2 aromatic rings. The summed E-state index contributed by atoms with van der Waals surface area (Å²) in [4.78, 5) is 11.8. The Morgan fingerprint density at radius 1 is 1.21 bits per heavy atom. The van der Waals surface area contributed by atoms with Gasteiger partial charge in [-0.25, -0.2) is 4.39 Å². The van der Waals surface area contributed by atoms with Crippen molar-refractivity contribution >= 4 is 6.29 Å². The fourth-order valence-corrected chi connectivity index (χ4v) is 4.19. The highest BCUT2D eigenvalue weighted by Crippen LogP contribution is 2.44. The van der Waals surface area contributed by atoms with E-state index in [1.165, 1.54) is 12.1 Å². The van der Waals surface area contributed by atoms with Gasteiger partial charge in [-0.3, -0.25) is 0 Å². The zero-order valence-corrected chi connectivity index (χ0v) is 15.8. The smallest absolute Gasteiger partial charge is 0.231 e. The molecule has 2 unspecified atom stereocenters. The number of nitrogens with one attached hydrogen (secondary N) is 1. The van der Waals surface area contributed by atoms with Crippen LogP contribution in [0.3, 0.4) is 0 Å². The van der Waals surface area contributed by atoms with Crippen molar-refractivity contribution in [1.82, 2.24) is 5.32 Å². The fourth-order valence-electron chi connectivity index (χ4n) is 4.19. The Morgan fingerprint density at radius 3 is 2.68 bits per heavy atom. The zero-order chi connectivity index (χ0) is 19.5. The van der Waals surface area contributed by atoms with Gasteiger partial charge in [0.05, 0.1) is 6.61 Å². The van der Waals surface area contributed by atoms with Gasteiger partial charge >= 0.3 is 0 Å². The number of methoxy groups -OCH3 is 1. The summed E-state index contributed by atoms with van der Waals surface area (Å²) >= 11 is 0. The Bertz CT molecular complexity index is 839. The van der Waals surface area contributed by atoms with E-state index in [2.05, 4.69) is 5.32 Å². The molecule has 2 aliphatic rings. The van der Waals surface area contributed by atoms with E-state index in [4.69, 9.17) is 14.2 Å². The first-order valence-corrected chi connectivity index (χ1v) is 9.54. The molecule has 1 aliphatic carbocycles. The average Bonchev–Trinajstić information content (AvgIpc) is 3.16. The third-order valence-electron chi connectivity index (χ3n) is 5.63. The number of ether oxygens (including phenoxy) is 3. The molecule has 3 atom stereocenters. The summed E-state index contributed by atoms with van der Waals surface area (Å²) in [6.07, 6.45) is 2.47. The van der Waals surface area contributed by atoms with Gasteiger partial charge in [0.15, 0.2) is 11.5 Å². The lowest BCUT2D eigenvalue weighted by Crippen LogP contribution is -2.41. The molecule has 2 aromatic carbocycles. The van der Waals surface area contributed by atoms with Gasteiger partial charge < -0.3 is 24.3 Å². The van der Waals surface area contributed by atoms with Crippen LogP contribution in [0.2, 0.25) is 0 Å². The van der Waals surface area contributed by atoms with Crippen molar-refractivity contribution < 1.29 is 23.4 Å². The first-order valence-electron chi connectivity index (χ1n) is 9.54. The van der Waals surface area contributed by atoms with E-state index in [1.807, 2.05) is 12.1 Å². The van der Waals surface area contributed by atoms with Gasteiger partial charge in [0.1, 0.15) is 12.1 Å². The van der Waals surface area contributed by atoms with E-state index < -0.39 is 0 Å². The third kappa shape index (κ3) is 3.75. The van der Waals surface area contributed by atoms with Crippen molar-refractivity contribution in [3.63, 3.8) is 0 Å². The summed E-state index contributed by atoms with van der Waals surface area (Å²) in [7, 11) is 1.66. The Hall–Kier alpha value is -2.44. The Kier molecular flexibility index (Phi) is 5.59. The van der Waals surface area contributed by atoms with Gasteiger partial charge in [0.25, 0.3) is 0 Å². The molecule has 0 radical (unpaired) electrons. The molecule has 148 valence electrons. The Labute approximate surface area is 163 Å². The molecule has 0 amide bonds. The highest BCUT2D eigenvalue weighted by atomic mass is 19.1. The van der Waals surface area contributed by atoms with Crippen LogP contribution in [0.25, 0.3) is 0 Å². The Balaban J connectivity index is 1.58. The summed E-state index contributed by atoms with van der Waals surface area (Å²) in [5.74, 6) is 1.14. The van der Waals surface area contributed by atoms with Gasteiger partial charge in [-0.2, -0.15) is 0 Å². The molecular weight excluding hydrogens is 361 g/mol.